The van der Waals surface area contributed by atoms with Crippen molar-refractivity contribution in [2.45, 2.75) is 19.4 Å². The number of hydrogen-bond donors (Lipinski definition) is 2. The number of carbonyl (C=O) groups excluding carboxylic acids is 1. The molecule has 18 heavy (non-hydrogen) atoms. The third kappa shape index (κ3) is 3.81. The van der Waals surface area contributed by atoms with Gasteiger partial charge >= 0.3 is 5.97 Å². The molecule has 6 heteroatoms. The monoisotopic (exact) mass is 252 g/mol. The lowest BCUT2D eigenvalue weighted by Gasteiger charge is -2.24. The van der Waals surface area contributed by atoms with Crippen molar-refractivity contribution < 1.29 is 19.4 Å². The molecule has 1 rings (SSSR count). The van der Waals surface area contributed by atoms with Gasteiger partial charge in [0.1, 0.15) is 5.69 Å². The molecule has 1 aromatic heterocycles. The van der Waals surface area contributed by atoms with Crippen LogP contribution in [0.2, 0.25) is 0 Å². The van der Waals surface area contributed by atoms with E-state index in [-0.39, 0.29) is 11.3 Å². The number of aromatic nitrogens is 1. The smallest absolute Gasteiger partial charge is 0.335 e. The third-order valence-electron chi connectivity index (χ3n) is 2.20. The molecule has 0 saturated carbocycles. The Hall–Kier alpha value is -1.95. The summed E-state index contributed by atoms with van der Waals surface area (Å²) in [6.45, 7) is 3.95. The van der Waals surface area contributed by atoms with Gasteiger partial charge in [-0.3, -0.25) is 9.78 Å². The minimum absolute atomic E-state index is 0.0275. The van der Waals surface area contributed by atoms with Crippen LogP contribution in [0.5, 0.6) is 0 Å². The lowest BCUT2D eigenvalue weighted by Crippen LogP contribution is -2.47. The molecule has 0 atom stereocenters. The van der Waals surface area contributed by atoms with E-state index in [1.807, 2.05) is 0 Å². The number of carboxylic acids is 1. The van der Waals surface area contributed by atoms with E-state index in [9.17, 15) is 9.59 Å². The zero-order valence-corrected chi connectivity index (χ0v) is 10.6. The summed E-state index contributed by atoms with van der Waals surface area (Å²) in [6.07, 6.45) is 1.29. The van der Waals surface area contributed by atoms with Crippen molar-refractivity contribution >= 4 is 11.9 Å². The fourth-order valence-electron chi connectivity index (χ4n) is 1.46. The Morgan fingerprint density at radius 2 is 2.17 bits per heavy atom. The number of nitrogens with one attached hydrogen (secondary N) is 1. The van der Waals surface area contributed by atoms with Gasteiger partial charge in [0, 0.05) is 13.3 Å². The van der Waals surface area contributed by atoms with E-state index in [2.05, 4.69) is 10.3 Å². The zero-order chi connectivity index (χ0) is 13.8. The highest BCUT2D eigenvalue weighted by Gasteiger charge is 2.22. The van der Waals surface area contributed by atoms with Crippen molar-refractivity contribution in [1.29, 1.82) is 0 Å². The van der Waals surface area contributed by atoms with Crippen molar-refractivity contribution in [3.63, 3.8) is 0 Å². The molecule has 6 nitrogen and oxygen atoms in total. The number of ether oxygens (including phenoxy) is 1. The lowest BCUT2D eigenvalue weighted by atomic mass is 10.1. The lowest BCUT2D eigenvalue weighted by molar-refractivity contribution is 0.0696. The first-order chi connectivity index (χ1) is 8.35. The summed E-state index contributed by atoms with van der Waals surface area (Å²) in [6, 6.07) is 2.57. The largest absolute Gasteiger partial charge is 0.478 e. The second kappa shape index (κ2) is 5.59. The molecule has 1 amide bonds. The second-order valence-electron chi connectivity index (χ2n) is 4.51. The Kier molecular flexibility index (Phi) is 4.38. The van der Waals surface area contributed by atoms with Gasteiger partial charge in [-0.1, -0.05) is 0 Å². The topological polar surface area (TPSA) is 88.5 Å². The molecular weight excluding hydrogens is 236 g/mol. The Labute approximate surface area is 105 Å². The van der Waals surface area contributed by atoms with E-state index < -0.39 is 17.4 Å². The van der Waals surface area contributed by atoms with E-state index in [1.54, 1.807) is 13.8 Å². The second-order valence-corrected chi connectivity index (χ2v) is 4.51. The summed E-state index contributed by atoms with van der Waals surface area (Å²) in [5, 5.41) is 11.5. The van der Waals surface area contributed by atoms with E-state index in [1.165, 1.54) is 25.4 Å². The average molecular weight is 252 g/mol. The van der Waals surface area contributed by atoms with E-state index >= 15 is 0 Å². The Balaban J connectivity index is 2.84. The van der Waals surface area contributed by atoms with Crippen LogP contribution in [0.15, 0.2) is 18.3 Å². The van der Waals surface area contributed by atoms with Crippen LogP contribution in [-0.4, -0.2) is 41.2 Å². The zero-order valence-electron chi connectivity index (χ0n) is 10.6. The van der Waals surface area contributed by atoms with Gasteiger partial charge in [0.05, 0.1) is 17.7 Å². The molecule has 2 N–H and O–H groups in total. The summed E-state index contributed by atoms with van der Waals surface area (Å²) < 4.78 is 4.98. The SMILES string of the molecule is COCC(C)(C)NC(=O)c1cc(C(=O)O)ccn1. The van der Waals surface area contributed by atoms with Gasteiger partial charge in [-0.25, -0.2) is 4.79 Å². The van der Waals surface area contributed by atoms with Crippen molar-refractivity contribution in [3.8, 4) is 0 Å². The number of rotatable bonds is 5. The summed E-state index contributed by atoms with van der Waals surface area (Å²) >= 11 is 0. The van der Waals surface area contributed by atoms with Crippen LogP contribution in [0.4, 0.5) is 0 Å². The molecule has 0 saturated heterocycles. The van der Waals surface area contributed by atoms with Gasteiger partial charge < -0.3 is 15.2 Å². The molecule has 0 unspecified atom stereocenters. The van der Waals surface area contributed by atoms with Gasteiger partial charge in [0.2, 0.25) is 0 Å². The minimum Gasteiger partial charge on any atom is -0.478 e. The Bertz CT molecular complexity index is 457. The number of carbonyl (C=O) groups is 2. The predicted octanol–water partition coefficient (Wildman–Crippen LogP) is 0.935. The average Bonchev–Trinajstić information content (AvgIpc) is 2.28. The summed E-state index contributed by atoms with van der Waals surface area (Å²) in [5.41, 5.74) is -0.453. The number of hydrogen-bond acceptors (Lipinski definition) is 4. The van der Waals surface area contributed by atoms with Crippen molar-refractivity contribution in [2.75, 3.05) is 13.7 Å². The molecule has 0 spiro atoms. The van der Waals surface area contributed by atoms with Gasteiger partial charge in [-0.15, -0.1) is 0 Å². The normalized spacial score (nSPS) is 11.1. The van der Waals surface area contributed by atoms with Crippen molar-refractivity contribution in [1.82, 2.24) is 10.3 Å². The first-order valence-corrected chi connectivity index (χ1v) is 5.36. The van der Waals surface area contributed by atoms with Crippen molar-refractivity contribution in [3.05, 3.63) is 29.6 Å². The molecular formula is C12H16N2O4. The van der Waals surface area contributed by atoms with Crippen LogP contribution in [-0.2, 0) is 4.74 Å². The molecule has 1 heterocycles. The fraction of sp³-hybridized carbons (Fsp3) is 0.417. The molecule has 0 aromatic carbocycles. The number of pyridine rings is 1. The van der Waals surface area contributed by atoms with Crippen LogP contribution in [0.1, 0.15) is 34.7 Å². The number of nitrogens with zero attached hydrogens (tertiary/aromatic N) is 1. The van der Waals surface area contributed by atoms with Gasteiger partial charge in [-0.2, -0.15) is 0 Å². The molecule has 0 fully saturated rings. The highest BCUT2D eigenvalue weighted by molar-refractivity contribution is 5.96. The van der Waals surface area contributed by atoms with Gasteiger partial charge in [0.25, 0.3) is 5.91 Å². The molecule has 0 bridgehead atoms. The van der Waals surface area contributed by atoms with Gasteiger partial charge in [-0.05, 0) is 26.0 Å². The van der Waals surface area contributed by atoms with Crippen LogP contribution in [0, 0.1) is 0 Å². The number of amides is 1. The maximum absolute atomic E-state index is 11.9. The highest BCUT2D eigenvalue weighted by atomic mass is 16.5. The Morgan fingerprint density at radius 1 is 1.50 bits per heavy atom. The first-order valence-electron chi connectivity index (χ1n) is 5.36. The molecule has 0 aliphatic carbocycles. The van der Waals surface area contributed by atoms with Crippen LogP contribution >= 0.6 is 0 Å². The van der Waals surface area contributed by atoms with E-state index in [0.29, 0.717) is 6.61 Å². The van der Waals surface area contributed by atoms with Crippen LogP contribution in [0.25, 0.3) is 0 Å². The quantitative estimate of drug-likeness (QED) is 0.814. The maximum Gasteiger partial charge on any atom is 0.335 e. The minimum atomic E-state index is -1.09. The molecule has 0 aliphatic rings. The van der Waals surface area contributed by atoms with Crippen molar-refractivity contribution in [2.24, 2.45) is 0 Å². The maximum atomic E-state index is 11.9. The van der Waals surface area contributed by atoms with Crippen LogP contribution < -0.4 is 5.32 Å². The number of carboxylic acid groups (broad SMARTS) is 1. The number of aromatic carboxylic acids is 1. The van der Waals surface area contributed by atoms with Crippen LogP contribution in [0.3, 0.4) is 0 Å². The molecule has 0 aliphatic heterocycles. The first kappa shape index (κ1) is 14.1. The summed E-state index contributed by atoms with van der Waals surface area (Å²) in [7, 11) is 1.54. The summed E-state index contributed by atoms with van der Waals surface area (Å²) in [5.74, 6) is -1.53. The standard InChI is InChI=1S/C12H16N2O4/c1-12(2,7-18-3)14-10(15)9-6-8(11(16)17)4-5-13-9/h4-6H,7H2,1-3H3,(H,14,15)(H,16,17). The van der Waals surface area contributed by atoms with Gasteiger partial charge in [0.15, 0.2) is 0 Å². The summed E-state index contributed by atoms with van der Waals surface area (Å²) in [4.78, 5) is 26.5. The highest BCUT2D eigenvalue weighted by Crippen LogP contribution is 2.06. The fourth-order valence-corrected chi connectivity index (χ4v) is 1.46. The number of methoxy groups -OCH3 is 1. The van der Waals surface area contributed by atoms with E-state index in [4.69, 9.17) is 9.84 Å². The third-order valence-corrected chi connectivity index (χ3v) is 2.20. The Morgan fingerprint density at radius 3 is 2.72 bits per heavy atom. The van der Waals surface area contributed by atoms with E-state index in [0.717, 1.165) is 0 Å². The molecule has 1 aromatic rings. The predicted molar refractivity (Wildman–Crippen MR) is 64.6 cm³/mol. The molecule has 98 valence electrons. The molecule has 0 radical (unpaired) electrons.